The van der Waals surface area contributed by atoms with Crippen molar-refractivity contribution in [2.24, 2.45) is 0 Å². The summed E-state index contributed by atoms with van der Waals surface area (Å²) in [5.41, 5.74) is 1.85. The number of para-hydroxylation sites is 2. The second-order valence-electron chi connectivity index (χ2n) is 9.28. The molecular weight excluding hydrogens is 571 g/mol. The van der Waals surface area contributed by atoms with Crippen molar-refractivity contribution >= 4 is 43.0 Å². The lowest BCUT2D eigenvalue weighted by molar-refractivity contribution is 0.102. The Hall–Kier alpha value is -4.93. The summed E-state index contributed by atoms with van der Waals surface area (Å²) in [6, 6.07) is 37.8. The van der Waals surface area contributed by atoms with E-state index in [0.29, 0.717) is 11.4 Å². The van der Waals surface area contributed by atoms with Crippen LogP contribution < -0.4 is 14.3 Å². The van der Waals surface area contributed by atoms with Crippen LogP contribution in [0.3, 0.4) is 0 Å². The molecule has 1 amide bonds. The van der Waals surface area contributed by atoms with Crippen LogP contribution in [0.15, 0.2) is 149 Å². The third-order valence-electron chi connectivity index (χ3n) is 6.37. The third kappa shape index (κ3) is 6.51. The van der Waals surface area contributed by atoms with Crippen molar-refractivity contribution in [1.29, 1.82) is 0 Å². The van der Waals surface area contributed by atoms with Gasteiger partial charge in [0.15, 0.2) is 0 Å². The SMILES string of the molecule is O=C(Nc1ccc(S(=O)(=O)Nc2ccccc2)cc1)c1ccccc1N(Cc1ccccc1)S(=O)(=O)c1ccccc1. The van der Waals surface area contributed by atoms with E-state index >= 15 is 0 Å². The first-order chi connectivity index (χ1) is 20.2. The van der Waals surface area contributed by atoms with Gasteiger partial charge in [0.05, 0.1) is 27.6 Å². The molecule has 42 heavy (non-hydrogen) atoms. The van der Waals surface area contributed by atoms with Gasteiger partial charge >= 0.3 is 0 Å². The number of hydrogen-bond donors (Lipinski definition) is 2. The maximum absolute atomic E-state index is 13.9. The number of sulfonamides is 2. The Bertz CT molecular complexity index is 1880. The summed E-state index contributed by atoms with van der Waals surface area (Å²) in [7, 11) is -7.89. The molecule has 8 nitrogen and oxygen atoms in total. The molecular formula is C32H27N3O5S2. The van der Waals surface area contributed by atoms with E-state index in [4.69, 9.17) is 0 Å². The largest absolute Gasteiger partial charge is 0.322 e. The molecule has 0 heterocycles. The molecule has 0 aromatic heterocycles. The number of nitrogens with zero attached hydrogens (tertiary/aromatic N) is 1. The molecule has 5 aromatic carbocycles. The van der Waals surface area contributed by atoms with Crippen molar-refractivity contribution in [2.45, 2.75) is 16.3 Å². The molecule has 0 unspecified atom stereocenters. The third-order valence-corrected chi connectivity index (χ3v) is 9.54. The minimum absolute atomic E-state index is 0.00331. The van der Waals surface area contributed by atoms with Gasteiger partial charge in [0.2, 0.25) is 0 Å². The summed E-state index contributed by atoms with van der Waals surface area (Å²) in [6.07, 6.45) is 0. The molecule has 10 heteroatoms. The Balaban J connectivity index is 1.43. The molecule has 0 spiro atoms. The van der Waals surface area contributed by atoms with E-state index in [1.807, 2.05) is 30.3 Å². The highest BCUT2D eigenvalue weighted by atomic mass is 32.2. The number of amides is 1. The smallest absolute Gasteiger partial charge is 0.264 e. The zero-order valence-electron chi connectivity index (χ0n) is 22.3. The van der Waals surface area contributed by atoms with E-state index in [2.05, 4.69) is 10.0 Å². The first kappa shape index (κ1) is 28.6. The van der Waals surface area contributed by atoms with Crippen molar-refractivity contribution in [3.8, 4) is 0 Å². The van der Waals surface area contributed by atoms with Gasteiger partial charge in [-0.15, -0.1) is 0 Å². The topological polar surface area (TPSA) is 113 Å². The average molecular weight is 598 g/mol. The molecule has 0 fully saturated rings. The second-order valence-corrected chi connectivity index (χ2v) is 12.8. The van der Waals surface area contributed by atoms with Gasteiger partial charge in [-0.2, -0.15) is 0 Å². The molecule has 0 atom stereocenters. The summed E-state index contributed by atoms with van der Waals surface area (Å²) >= 11 is 0. The molecule has 0 aliphatic carbocycles. The van der Waals surface area contributed by atoms with Crippen LogP contribution in [0.4, 0.5) is 17.1 Å². The second kappa shape index (κ2) is 12.3. The van der Waals surface area contributed by atoms with E-state index in [1.54, 1.807) is 72.8 Å². The van der Waals surface area contributed by atoms with Crippen molar-refractivity contribution in [3.63, 3.8) is 0 Å². The van der Waals surface area contributed by atoms with E-state index in [-0.39, 0.29) is 27.6 Å². The van der Waals surface area contributed by atoms with Gasteiger partial charge < -0.3 is 5.32 Å². The maximum Gasteiger partial charge on any atom is 0.264 e. The zero-order valence-corrected chi connectivity index (χ0v) is 23.9. The normalized spacial score (nSPS) is 11.4. The average Bonchev–Trinajstić information content (AvgIpc) is 3.01. The number of carbonyl (C=O) groups is 1. The van der Waals surface area contributed by atoms with E-state index < -0.39 is 26.0 Å². The minimum atomic E-state index is -4.05. The molecule has 0 aliphatic heterocycles. The molecule has 0 saturated carbocycles. The minimum Gasteiger partial charge on any atom is -0.322 e. The number of benzene rings is 5. The molecule has 2 N–H and O–H groups in total. The Morgan fingerprint density at radius 2 is 1.12 bits per heavy atom. The van der Waals surface area contributed by atoms with Crippen LogP contribution >= 0.6 is 0 Å². The van der Waals surface area contributed by atoms with Crippen LogP contribution in [0.5, 0.6) is 0 Å². The van der Waals surface area contributed by atoms with Crippen LogP contribution in [0, 0.1) is 0 Å². The van der Waals surface area contributed by atoms with Gasteiger partial charge in [-0.3, -0.25) is 13.8 Å². The van der Waals surface area contributed by atoms with Gasteiger partial charge in [0.25, 0.3) is 26.0 Å². The lowest BCUT2D eigenvalue weighted by Gasteiger charge is -2.26. The Morgan fingerprint density at radius 1 is 0.571 bits per heavy atom. The molecule has 0 aliphatic rings. The quantitative estimate of drug-likeness (QED) is 0.201. The van der Waals surface area contributed by atoms with Gasteiger partial charge in [0.1, 0.15) is 0 Å². The fraction of sp³-hybridized carbons (Fsp3) is 0.0312. The molecule has 212 valence electrons. The predicted octanol–water partition coefficient (Wildman–Crippen LogP) is 6.14. The fourth-order valence-corrected chi connectivity index (χ4v) is 6.84. The summed E-state index contributed by atoms with van der Waals surface area (Å²) in [5, 5.41) is 2.76. The van der Waals surface area contributed by atoms with E-state index in [9.17, 15) is 21.6 Å². The Labute approximate surface area is 245 Å². The fourth-order valence-electron chi connectivity index (χ4n) is 4.29. The number of carbonyl (C=O) groups excluding carboxylic acids is 1. The van der Waals surface area contributed by atoms with Gasteiger partial charge in [-0.1, -0.05) is 78.9 Å². The van der Waals surface area contributed by atoms with Crippen LogP contribution in [0.2, 0.25) is 0 Å². The molecule has 0 saturated heterocycles. The summed E-state index contributed by atoms with van der Waals surface area (Å²) in [5.74, 6) is -0.551. The number of rotatable bonds is 10. The molecule has 5 aromatic rings. The highest BCUT2D eigenvalue weighted by molar-refractivity contribution is 7.93. The van der Waals surface area contributed by atoms with Gasteiger partial charge in [0, 0.05) is 11.4 Å². The monoisotopic (exact) mass is 597 g/mol. The summed E-state index contributed by atoms with van der Waals surface area (Å²) in [4.78, 5) is 13.6. The van der Waals surface area contributed by atoms with Crippen molar-refractivity contribution < 1.29 is 21.6 Å². The Kier molecular flexibility index (Phi) is 8.37. The number of hydrogen-bond acceptors (Lipinski definition) is 5. The summed E-state index contributed by atoms with van der Waals surface area (Å²) < 4.78 is 57.0. The lowest BCUT2D eigenvalue weighted by atomic mass is 10.1. The molecule has 0 radical (unpaired) electrons. The predicted molar refractivity (Wildman–Crippen MR) is 164 cm³/mol. The highest BCUT2D eigenvalue weighted by Gasteiger charge is 2.28. The standard InChI is InChI=1S/C32H27N3O5S2/c36-32(33-26-20-22-28(23-21-26)41(37,38)34-27-14-6-2-7-15-27)30-18-10-11-19-31(30)35(24-25-12-4-1-5-13-25)42(39,40)29-16-8-3-9-17-29/h1-23,34H,24H2,(H,33,36). The molecule has 5 rings (SSSR count). The zero-order chi connectivity index (χ0) is 29.6. The van der Waals surface area contributed by atoms with E-state index in [1.165, 1.54) is 40.7 Å². The first-order valence-corrected chi connectivity index (χ1v) is 15.9. The first-order valence-electron chi connectivity index (χ1n) is 12.9. The van der Waals surface area contributed by atoms with Gasteiger partial charge in [-0.25, -0.2) is 16.8 Å². The van der Waals surface area contributed by atoms with Gasteiger partial charge in [-0.05, 0) is 66.2 Å². The van der Waals surface area contributed by atoms with Crippen LogP contribution in [-0.2, 0) is 26.6 Å². The van der Waals surface area contributed by atoms with Crippen LogP contribution in [-0.4, -0.2) is 22.7 Å². The Morgan fingerprint density at radius 3 is 1.76 bits per heavy atom. The molecule has 0 bridgehead atoms. The van der Waals surface area contributed by atoms with Crippen molar-refractivity contribution in [1.82, 2.24) is 0 Å². The maximum atomic E-state index is 13.9. The van der Waals surface area contributed by atoms with Crippen LogP contribution in [0.1, 0.15) is 15.9 Å². The number of nitrogens with one attached hydrogen (secondary N) is 2. The van der Waals surface area contributed by atoms with Crippen molar-refractivity contribution in [2.75, 3.05) is 14.3 Å². The highest BCUT2D eigenvalue weighted by Crippen LogP contribution is 2.30. The van der Waals surface area contributed by atoms with E-state index in [0.717, 1.165) is 5.56 Å². The summed E-state index contributed by atoms with van der Waals surface area (Å²) in [6.45, 7) is 0.00331. The number of anilines is 3. The van der Waals surface area contributed by atoms with Crippen molar-refractivity contribution in [3.05, 3.63) is 151 Å². The van der Waals surface area contributed by atoms with Crippen LogP contribution in [0.25, 0.3) is 0 Å². The lowest BCUT2D eigenvalue weighted by Crippen LogP contribution is -2.32.